The number of benzene rings is 2. The highest BCUT2D eigenvalue weighted by Gasteiger charge is 2.35. The van der Waals surface area contributed by atoms with Gasteiger partial charge in [0.2, 0.25) is 11.0 Å². The molecule has 0 radical (unpaired) electrons. The first kappa shape index (κ1) is 19.5. The number of nitrogens with one attached hydrogen (secondary N) is 1. The number of hydrogen-bond donors (Lipinski definition) is 1. The molecule has 1 saturated heterocycles. The standard InChI is InChI=1S/C21H19ClN4O2S/c1-13-4-6-15(7-5-13)20(28)26-12-2-3-17(26)18(27)23-21-25-24-19(29-21)14-8-10-16(22)11-9-14/h4-11,17H,2-3,12H2,1H3,(H,23,25,27). The molecule has 0 saturated carbocycles. The largest absolute Gasteiger partial charge is 0.327 e. The van der Waals surface area contributed by atoms with Crippen molar-refractivity contribution in [2.45, 2.75) is 25.8 Å². The van der Waals surface area contributed by atoms with Crippen LogP contribution in [0.2, 0.25) is 5.02 Å². The Morgan fingerprint density at radius 1 is 1.10 bits per heavy atom. The summed E-state index contributed by atoms with van der Waals surface area (Å²) in [6.07, 6.45) is 1.42. The van der Waals surface area contributed by atoms with E-state index in [9.17, 15) is 9.59 Å². The van der Waals surface area contributed by atoms with Crippen molar-refractivity contribution in [1.82, 2.24) is 15.1 Å². The highest BCUT2D eigenvalue weighted by molar-refractivity contribution is 7.18. The molecule has 4 rings (SSSR count). The molecule has 2 heterocycles. The number of anilines is 1. The van der Waals surface area contributed by atoms with Crippen molar-refractivity contribution in [1.29, 1.82) is 0 Å². The highest BCUT2D eigenvalue weighted by Crippen LogP contribution is 2.28. The summed E-state index contributed by atoms with van der Waals surface area (Å²) in [7, 11) is 0. The Bertz CT molecular complexity index is 1030. The number of rotatable bonds is 4. The Hall–Kier alpha value is -2.77. The maximum absolute atomic E-state index is 12.9. The molecule has 29 heavy (non-hydrogen) atoms. The third-order valence-corrected chi connectivity index (χ3v) is 6.00. The maximum Gasteiger partial charge on any atom is 0.254 e. The fourth-order valence-electron chi connectivity index (χ4n) is 3.32. The Kier molecular flexibility index (Phi) is 5.60. The summed E-state index contributed by atoms with van der Waals surface area (Å²) >= 11 is 7.20. The van der Waals surface area contributed by atoms with E-state index in [-0.39, 0.29) is 11.8 Å². The fourth-order valence-corrected chi connectivity index (χ4v) is 4.19. The molecule has 6 nitrogen and oxygen atoms in total. The smallest absolute Gasteiger partial charge is 0.254 e. The molecule has 1 aromatic heterocycles. The van der Waals surface area contributed by atoms with Crippen molar-refractivity contribution < 1.29 is 9.59 Å². The number of carbonyl (C=O) groups excluding carboxylic acids is 2. The molecule has 0 spiro atoms. The normalized spacial score (nSPS) is 16.1. The number of aryl methyl sites for hydroxylation is 1. The summed E-state index contributed by atoms with van der Waals surface area (Å²) < 4.78 is 0. The van der Waals surface area contributed by atoms with Gasteiger partial charge in [-0.25, -0.2) is 0 Å². The predicted molar refractivity (Wildman–Crippen MR) is 114 cm³/mol. The van der Waals surface area contributed by atoms with Crippen LogP contribution in [0.4, 0.5) is 5.13 Å². The average molecular weight is 427 g/mol. The molecule has 0 bridgehead atoms. The van der Waals surface area contributed by atoms with E-state index in [4.69, 9.17) is 11.6 Å². The van der Waals surface area contributed by atoms with Crippen LogP contribution >= 0.6 is 22.9 Å². The Labute approximate surface area is 177 Å². The Balaban J connectivity index is 1.45. The van der Waals surface area contributed by atoms with Crippen molar-refractivity contribution in [3.05, 3.63) is 64.7 Å². The summed E-state index contributed by atoms with van der Waals surface area (Å²) in [4.78, 5) is 27.3. The van der Waals surface area contributed by atoms with Crippen LogP contribution in [0, 0.1) is 6.92 Å². The van der Waals surface area contributed by atoms with Gasteiger partial charge in [-0.15, -0.1) is 10.2 Å². The second-order valence-electron chi connectivity index (χ2n) is 6.93. The van der Waals surface area contributed by atoms with Gasteiger partial charge in [-0.1, -0.05) is 52.8 Å². The van der Waals surface area contributed by atoms with Crippen LogP contribution in [0.1, 0.15) is 28.8 Å². The quantitative estimate of drug-likeness (QED) is 0.670. The highest BCUT2D eigenvalue weighted by atomic mass is 35.5. The first-order chi connectivity index (χ1) is 14.0. The van der Waals surface area contributed by atoms with E-state index in [1.165, 1.54) is 11.3 Å². The average Bonchev–Trinajstić information content (AvgIpc) is 3.38. The van der Waals surface area contributed by atoms with Gasteiger partial charge in [0.05, 0.1) is 0 Å². The number of nitrogens with zero attached hydrogens (tertiary/aromatic N) is 3. The second-order valence-corrected chi connectivity index (χ2v) is 8.35. The molecule has 3 aromatic rings. The van der Waals surface area contributed by atoms with E-state index < -0.39 is 6.04 Å². The Morgan fingerprint density at radius 3 is 2.55 bits per heavy atom. The number of aromatic nitrogens is 2. The van der Waals surface area contributed by atoms with E-state index >= 15 is 0 Å². The molecule has 1 fully saturated rings. The lowest BCUT2D eigenvalue weighted by atomic mass is 10.1. The zero-order valence-electron chi connectivity index (χ0n) is 15.8. The van der Waals surface area contributed by atoms with Gasteiger partial charge in [-0.2, -0.15) is 0 Å². The number of halogens is 1. The van der Waals surface area contributed by atoms with Crippen LogP contribution in [0.15, 0.2) is 48.5 Å². The van der Waals surface area contributed by atoms with Crippen LogP contribution in [0.3, 0.4) is 0 Å². The molecule has 2 aromatic carbocycles. The molecule has 1 aliphatic rings. The number of amides is 2. The molecule has 148 valence electrons. The minimum Gasteiger partial charge on any atom is -0.327 e. The Morgan fingerprint density at radius 2 is 1.83 bits per heavy atom. The van der Waals surface area contributed by atoms with Crippen LogP contribution in [0.25, 0.3) is 10.6 Å². The van der Waals surface area contributed by atoms with E-state index in [1.54, 1.807) is 29.2 Å². The van der Waals surface area contributed by atoms with Crippen LogP contribution in [-0.4, -0.2) is 39.5 Å². The molecule has 8 heteroatoms. The van der Waals surface area contributed by atoms with Crippen molar-refractivity contribution in [3.63, 3.8) is 0 Å². The second kappa shape index (κ2) is 8.31. The molecule has 1 N–H and O–H groups in total. The van der Waals surface area contributed by atoms with Gasteiger partial charge >= 0.3 is 0 Å². The first-order valence-electron chi connectivity index (χ1n) is 9.29. The molecule has 1 unspecified atom stereocenters. The van der Waals surface area contributed by atoms with E-state index in [2.05, 4.69) is 15.5 Å². The first-order valence-corrected chi connectivity index (χ1v) is 10.5. The zero-order valence-corrected chi connectivity index (χ0v) is 17.3. The van der Waals surface area contributed by atoms with Crippen LogP contribution in [-0.2, 0) is 4.79 Å². The van der Waals surface area contributed by atoms with Crippen LogP contribution in [0.5, 0.6) is 0 Å². The van der Waals surface area contributed by atoms with Gasteiger partial charge in [0, 0.05) is 22.7 Å². The van der Waals surface area contributed by atoms with E-state index in [0.717, 1.165) is 17.5 Å². The number of likely N-dealkylation sites (tertiary alicyclic amines) is 1. The third-order valence-electron chi connectivity index (χ3n) is 4.86. The van der Waals surface area contributed by atoms with Gasteiger partial charge < -0.3 is 4.90 Å². The van der Waals surface area contributed by atoms with Gasteiger partial charge in [-0.3, -0.25) is 14.9 Å². The van der Waals surface area contributed by atoms with Crippen molar-refractivity contribution in [2.24, 2.45) is 0 Å². The van der Waals surface area contributed by atoms with Crippen molar-refractivity contribution in [2.75, 3.05) is 11.9 Å². The fraction of sp³-hybridized carbons (Fsp3) is 0.238. The summed E-state index contributed by atoms with van der Waals surface area (Å²) in [6, 6.07) is 14.2. The van der Waals surface area contributed by atoms with Gasteiger partial charge in [0.1, 0.15) is 11.0 Å². The SMILES string of the molecule is Cc1ccc(C(=O)N2CCCC2C(=O)Nc2nnc(-c3ccc(Cl)cc3)s2)cc1. The zero-order chi connectivity index (χ0) is 20.4. The summed E-state index contributed by atoms with van der Waals surface area (Å²) in [5, 5.41) is 12.8. The van der Waals surface area contributed by atoms with E-state index in [1.807, 2.05) is 31.2 Å². The van der Waals surface area contributed by atoms with E-state index in [0.29, 0.717) is 33.7 Å². The minimum atomic E-state index is -0.508. The molecule has 2 amide bonds. The van der Waals surface area contributed by atoms with Crippen molar-refractivity contribution >= 4 is 39.9 Å². The predicted octanol–water partition coefficient (Wildman–Crippen LogP) is 4.41. The van der Waals surface area contributed by atoms with Gasteiger partial charge in [0.15, 0.2) is 0 Å². The summed E-state index contributed by atoms with van der Waals surface area (Å²) in [6.45, 7) is 2.54. The van der Waals surface area contributed by atoms with Crippen LogP contribution < -0.4 is 5.32 Å². The monoisotopic (exact) mass is 426 g/mol. The van der Waals surface area contributed by atoms with Gasteiger partial charge in [-0.05, 0) is 44.0 Å². The molecule has 0 aliphatic carbocycles. The number of hydrogen-bond acceptors (Lipinski definition) is 5. The molecule has 1 aliphatic heterocycles. The maximum atomic E-state index is 12.9. The molecular formula is C21H19ClN4O2S. The minimum absolute atomic E-state index is 0.123. The topological polar surface area (TPSA) is 75.2 Å². The third kappa shape index (κ3) is 4.31. The summed E-state index contributed by atoms with van der Waals surface area (Å²) in [5.74, 6) is -0.358. The van der Waals surface area contributed by atoms with Gasteiger partial charge in [0.25, 0.3) is 5.91 Å². The lowest BCUT2D eigenvalue weighted by Gasteiger charge is -2.23. The lowest BCUT2D eigenvalue weighted by molar-refractivity contribution is -0.119. The number of carbonyl (C=O) groups is 2. The molecule has 1 atom stereocenters. The van der Waals surface area contributed by atoms with Crippen molar-refractivity contribution in [3.8, 4) is 10.6 Å². The molecular weight excluding hydrogens is 408 g/mol. The summed E-state index contributed by atoms with van der Waals surface area (Å²) in [5.41, 5.74) is 2.56. The lowest BCUT2D eigenvalue weighted by Crippen LogP contribution is -2.43.